The fraction of sp³-hybridized carbons (Fsp3) is 0.385. The molecule has 35 heavy (non-hydrogen) atoms. The van der Waals surface area contributed by atoms with E-state index in [2.05, 4.69) is 16.0 Å². The molecule has 1 saturated heterocycles. The van der Waals surface area contributed by atoms with Crippen LogP contribution in [0.3, 0.4) is 0 Å². The molecule has 3 atom stereocenters. The van der Waals surface area contributed by atoms with Crippen LogP contribution in [-0.4, -0.2) is 60.9 Å². The Morgan fingerprint density at radius 1 is 1.17 bits per heavy atom. The predicted molar refractivity (Wildman–Crippen MR) is 127 cm³/mol. The lowest BCUT2D eigenvalue weighted by molar-refractivity contribution is -0.139. The highest BCUT2D eigenvalue weighted by molar-refractivity contribution is 5.98. The van der Waals surface area contributed by atoms with Crippen molar-refractivity contribution in [3.63, 3.8) is 0 Å². The minimum absolute atomic E-state index is 0.0260. The lowest BCUT2D eigenvalue weighted by atomic mass is 10.1. The second-order valence-corrected chi connectivity index (χ2v) is 8.92. The molecule has 2 aliphatic rings. The zero-order valence-electron chi connectivity index (χ0n) is 19.3. The van der Waals surface area contributed by atoms with Gasteiger partial charge < -0.3 is 20.9 Å². The molecule has 9 heteroatoms. The first kappa shape index (κ1) is 24.4. The molecule has 4 rings (SSSR count). The van der Waals surface area contributed by atoms with Crippen LogP contribution in [0.2, 0.25) is 0 Å². The molecule has 2 fully saturated rings. The van der Waals surface area contributed by atoms with Gasteiger partial charge in [0.25, 0.3) is 5.91 Å². The Bertz CT molecular complexity index is 1110. The molecular weight excluding hydrogens is 449 g/mol. The average molecular weight is 478 g/mol. The quantitative estimate of drug-likeness (QED) is 0.476. The monoisotopic (exact) mass is 477 g/mol. The summed E-state index contributed by atoms with van der Waals surface area (Å²) in [7, 11) is 0. The van der Waals surface area contributed by atoms with Gasteiger partial charge in [-0.2, -0.15) is 5.26 Å². The second-order valence-electron chi connectivity index (χ2n) is 8.92. The summed E-state index contributed by atoms with van der Waals surface area (Å²) in [6, 6.07) is 14.3. The highest BCUT2D eigenvalue weighted by Crippen LogP contribution is 2.40. The Kier molecular flexibility index (Phi) is 7.73. The van der Waals surface area contributed by atoms with Crippen molar-refractivity contribution in [2.75, 3.05) is 26.2 Å². The third-order valence-electron chi connectivity index (χ3n) is 6.39. The number of hydrogen-bond donors (Lipinski definition) is 3. The summed E-state index contributed by atoms with van der Waals surface area (Å²) < 4.78 is 13.1. The number of carbonyl (C=O) groups is 3. The van der Waals surface area contributed by atoms with Crippen LogP contribution in [0.15, 0.2) is 48.5 Å². The Hall–Kier alpha value is -3.77. The normalized spacial score (nSPS) is 19.9. The Morgan fingerprint density at radius 2 is 1.91 bits per heavy atom. The van der Waals surface area contributed by atoms with Crippen molar-refractivity contribution < 1.29 is 18.8 Å². The van der Waals surface area contributed by atoms with Crippen LogP contribution in [-0.2, 0) is 9.59 Å². The summed E-state index contributed by atoms with van der Waals surface area (Å²) in [5, 5.41) is 17.9. The number of nitriles is 1. The van der Waals surface area contributed by atoms with E-state index in [0.29, 0.717) is 55.6 Å². The fourth-order valence-corrected chi connectivity index (χ4v) is 4.33. The molecule has 0 unspecified atom stereocenters. The zero-order chi connectivity index (χ0) is 24.8. The maximum absolute atomic E-state index is 13.2. The van der Waals surface area contributed by atoms with Gasteiger partial charge in [-0.15, -0.1) is 0 Å². The molecule has 8 nitrogen and oxygen atoms in total. The molecule has 1 saturated carbocycles. The van der Waals surface area contributed by atoms with E-state index in [-0.39, 0.29) is 24.2 Å². The SMILES string of the molecule is N#Cc1ccc(C(=O)N[C@@H](CCCN[C@@H]2C[C@H]2c2ccc(F)cc2)C(=O)N2CCNC(=O)C2)cc1. The summed E-state index contributed by atoms with van der Waals surface area (Å²) in [6.45, 7) is 1.42. The Morgan fingerprint density at radius 3 is 2.60 bits per heavy atom. The number of benzene rings is 2. The van der Waals surface area contributed by atoms with E-state index in [4.69, 9.17) is 5.26 Å². The van der Waals surface area contributed by atoms with Crippen LogP contribution < -0.4 is 16.0 Å². The van der Waals surface area contributed by atoms with Gasteiger partial charge in [-0.25, -0.2) is 4.39 Å². The molecular formula is C26H28FN5O3. The molecule has 2 aromatic carbocycles. The van der Waals surface area contributed by atoms with Gasteiger partial charge in [-0.1, -0.05) is 12.1 Å². The Labute approximate surface area is 203 Å². The van der Waals surface area contributed by atoms with Crippen LogP contribution >= 0.6 is 0 Å². The molecule has 0 bridgehead atoms. The van der Waals surface area contributed by atoms with Crippen molar-refractivity contribution in [1.29, 1.82) is 5.26 Å². The van der Waals surface area contributed by atoms with Crippen molar-refractivity contribution in [2.24, 2.45) is 0 Å². The number of carbonyl (C=O) groups excluding carboxylic acids is 3. The molecule has 0 aromatic heterocycles. The molecule has 0 radical (unpaired) electrons. The van der Waals surface area contributed by atoms with Gasteiger partial charge in [-0.05, 0) is 67.8 Å². The molecule has 2 aromatic rings. The first-order valence-corrected chi connectivity index (χ1v) is 11.8. The standard InChI is InChI=1S/C26H28FN5O3/c27-20-9-7-18(8-10-20)21-14-23(21)29-11-1-2-22(26(35)32-13-12-30-24(33)16-32)31-25(34)19-5-3-17(15-28)4-6-19/h3-10,21-23,29H,1-2,11-14,16H2,(H,30,33)(H,31,34)/t21-,22-,23+/m0/s1. The highest BCUT2D eigenvalue weighted by Gasteiger charge is 2.37. The smallest absolute Gasteiger partial charge is 0.251 e. The summed E-state index contributed by atoms with van der Waals surface area (Å²) in [5.41, 5.74) is 1.91. The average Bonchev–Trinajstić information content (AvgIpc) is 3.65. The van der Waals surface area contributed by atoms with Gasteiger partial charge in [-0.3, -0.25) is 14.4 Å². The van der Waals surface area contributed by atoms with Crippen LogP contribution in [0.4, 0.5) is 4.39 Å². The molecule has 1 aliphatic heterocycles. The van der Waals surface area contributed by atoms with Gasteiger partial charge in [0, 0.05) is 30.6 Å². The van der Waals surface area contributed by atoms with E-state index in [1.54, 1.807) is 24.3 Å². The van der Waals surface area contributed by atoms with E-state index in [1.165, 1.54) is 17.0 Å². The van der Waals surface area contributed by atoms with Gasteiger partial charge in [0.15, 0.2) is 0 Å². The first-order chi connectivity index (χ1) is 16.9. The Balaban J connectivity index is 1.32. The predicted octanol–water partition coefficient (Wildman–Crippen LogP) is 1.68. The maximum Gasteiger partial charge on any atom is 0.251 e. The molecule has 3 amide bonds. The lowest BCUT2D eigenvalue weighted by Gasteiger charge is -2.30. The number of nitrogens with zero attached hydrogens (tertiary/aromatic N) is 2. The van der Waals surface area contributed by atoms with E-state index in [9.17, 15) is 18.8 Å². The topological polar surface area (TPSA) is 114 Å². The summed E-state index contributed by atoms with van der Waals surface area (Å²) in [4.78, 5) is 39.2. The van der Waals surface area contributed by atoms with E-state index < -0.39 is 11.9 Å². The number of piperazine rings is 1. The van der Waals surface area contributed by atoms with Crippen molar-refractivity contribution >= 4 is 17.7 Å². The minimum atomic E-state index is -0.766. The van der Waals surface area contributed by atoms with Gasteiger partial charge in [0.2, 0.25) is 11.8 Å². The molecule has 3 N–H and O–H groups in total. The van der Waals surface area contributed by atoms with E-state index in [1.807, 2.05) is 18.2 Å². The third kappa shape index (κ3) is 6.43. The maximum atomic E-state index is 13.2. The van der Waals surface area contributed by atoms with Crippen molar-refractivity contribution in [2.45, 2.75) is 37.3 Å². The number of amides is 3. The molecule has 1 aliphatic carbocycles. The fourth-order valence-electron chi connectivity index (χ4n) is 4.33. The lowest BCUT2D eigenvalue weighted by Crippen LogP contribution is -2.56. The number of rotatable bonds is 9. The molecule has 1 heterocycles. The third-order valence-corrected chi connectivity index (χ3v) is 6.39. The number of nitrogens with one attached hydrogen (secondary N) is 3. The largest absolute Gasteiger partial charge is 0.353 e. The van der Waals surface area contributed by atoms with E-state index in [0.717, 1.165) is 12.0 Å². The summed E-state index contributed by atoms with van der Waals surface area (Å²) in [5.74, 6) is -0.790. The van der Waals surface area contributed by atoms with Crippen molar-refractivity contribution in [1.82, 2.24) is 20.9 Å². The van der Waals surface area contributed by atoms with Crippen LogP contribution in [0.25, 0.3) is 0 Å². The van der Waals surface area contributed by atoms with Gasteiger partial charge >= 0.3 is 0 Å². The first-order valence-electron chi connectivity index (χ1n) is 11.8. The van der Waals surface area contributed by atoms with Crippen molar-refractivity contribution in [3.8, 4) is 6.07 Å². The van der Waals surface area contributed by atoms with Crippen LogP contribution in [0, 0.1) is 17.1 Å². The summed E-state index contributed by atoms with van der Waals surface area (Å²) >= 11 is 0. The van der Waals surface area contributed by atoms with Crippen LogP contribution in [0.5, 0.6) is 0 Å². The van der Waals surface area contributed by atoms with Gasteiger partial charge in [0.1, 0.15) is 11.9 Å². The minimum Gasteiger partial charge on any atom is -0.353 e. The second kappa shape index (κ2) is 11.1. The summed E-state index contributed by atoms with van der Waals surface area (Å²) in [6.07, 6.45) is 2.04. The molecule has 182 valence electrons. The number of halogens is 1. The van der Waals surface area contributed by atoms with Crippen molar-refractivity contribution in [3.05, 3.63) is 71.0 Å². The molecule has 0 spiro atoms. The highest BCUT2D eigenvalue weighted by atomic mass is 19.1. The van der Waals surface area contributed by atoms with Crippen LogP contribution in [0.1, 0.15) is 46.7 Å². The van der Waals surface area contributed by atoms with E-state index >= 15 is 0 Å². The zero-order valence-corrected chi connectivity index (χ0v) is 19.3. The number of hydrogen-bond acceptors (Lipinski definition) is 5. The van der Waals surface area contributed by atoms with Gasteiger partial charge in [0.05, 0.1) is 18.2 Å².